The number of benzene rings is 2. The molecule has 0 aliphatic carbocycles. The largest absolute Gasteiger partial charge is 0.382 e. The van der Waals surface area contributed by atoms with E-state index in [-0.39, 0.29) is 0 Å². The van der Waals surface area contributed by atoms with Gasteiger partial charge in [-0.05, 0) is 34.7 Å². The van der Waals surface area contributed by atoms with Crippen molar-refractivity contribution in [1.82, 2.24) is 15.2 Å². The molecule has 0 aliphatic heterocycles. The van der Waals surface area contributed by atoms with Crippen LogP contribution < -0.4 is 5.73 Å². The molecular formula is C16H12N4. The highest BCUT2D eigenvalue weighted by atomic mass is 15.1. The predicted octanol–water partition coefficient (Wildman–Crippen LogP) is 3.36. The Kier molecular flexibility index (Phi) is 2.23. The maximum absolute atomic E-state index is 5.88. The van der Waals surface area contributed by atoms with Gasteiger partial charge in [0.1, 0.15) is 0 Å². The lowest BCUT2D eigenvalue weighted by Crippen LogP contribution is -1.85. The number of fused-ring (bicyclic) bond motifs is 2. The van der Waals surface area contributed by atoms with Crippen LogP contribution in [0.1, 0.15) is 0 Å². The molecule has 4 nitrogen and oxygen atoms in total. The zero-order valence-electron chi connectivity index (χ0n) is 10.7. The van der Waals surface area contributed by atoms with Crippen LogP contribution >= 0.6 is 0 Å². The average Bonchev–Trinajstić information content (AvgIpc) is 2.88. The maximum Gasteiger partial charge on any atom is 0.153 e. The molecule has 4 aromatic rings. The molecule has 0 aliphatic rings. The van der Waals surface area contributed by atoms with Crippen molar-refractivity contribution >= 4 is 27.5 Å². The Labute approximate surface area is 115 Å². The molecule has 0 fully saturated rings. The molecule has 3 N–H and O–H groups in total. The van der Waals surface area contributed by atoms with Gasteiger partial charge in [0.2, 0.25) is 0 Å². The third kappa shape index (κ3) is 1.55. The van der Waals surface area contributed by atoms with Gasteiger partial charge in [0.05, 0.1) is 5.52 Å². The average molecular weight is 260 g/mol. The maximum atomic E-state index is 5.88. The molecule has 0 saturated heterocycles. The number of nitrogens with zero attached hydrogens (tertiary/aromatic N) is 2. The number of aromatic nitrogens is 3. The van der Waals surface area contributed by atoms with Crippen LogP contribution in [0.25, 0.3) is 32.8 Å². The van der Waals surface area contributed by atoms with E-state index in [4.69, 9.17) is 5.73 Å². The summed E-state index contributed by atoms with van der Waals surface area (Å²) in [6.45, 7) is 0. The van der Waals surface area contributed by atoms with Crippen molar-refractivity contribution in [3.63, 3.8) is 0 Å². The summed E-state index contributed by atoms with van der Waals surface area (Å²) in [5.74, 6) is 0.531. The number of nitrogens with one attached hydrogen (secondary N) is 1. The predicted molar refractivity (Wildman–Crippen MR) is 81.2 cm³/mol. The van der Waals surface area contributed by atoms with Crippen LogP contribution in [-0.2, 0) is 0 Å². The van der Waals surface area contributed by atoms with Gasteiger partial charge in [-0.25, -0.2) is 0 Å². The van der Waals surface area contributed by atoms with Gasteiger partial charge in [-0.3, -0.25) is 10.1 Å². The van der Waals surface area contributed by atoms with Gasteiger partial charge in [0, 0.05) is 23.2 Å². The highest BCUT2D eigenvalue weighted by molar-refractivity contribution is 5.99. The Hall–Kier alpha value is -2.88. The van der Waals surface area contributed by atoms with E-state index in [1.807, 2.05) is 30.6 Å². The third-order valence-electron chi connectivity index (χ3n) is 3.58. The Balaban J connectivity index is 2.03. The van der Waals surface area contributed by atoms with Crippen molar-refractivity contribution in [2.24, 2.45) is 0 Å². The van der Waals surface area contributed by atoms with E-state index in [0.717, 1.165) is 21.9 Å². The molecule has 2 heterocycles. The van der Waals surface area contributed by atoms with Crippen LogP contribution in [0, 0.1) is 0 Å². The third-order valence-corrected chi connectivity index (χ3v) is 3.58. The Morgan fingerprint density at radius 1 is 1.00 bits per heavy atom. The molecule has 4 rings (SSSR count). The van der Waals surface area contributed by atoms with E-state index in [9.17, 15) is 0 Å². The Morgan fingerprint density at radius 2 is 1.95 bits per heavy atom. The zero-order chi connectivity index (χ0) is 13.5. The molecule has 20 heavy (non-hydrogen) atoms. The topological polar surface area (TPSA) is 67.6 Å². The summed E-state index contributed by atoms with van der Waals surface area (Å²) >= 11 is 0. The van der Waals surface area contributed by atoms with E-state index in [2.05, 4.69) is 39.4 Å². The lowest BCUT2D eigenvalue weighted by Gasteiger charge is -2.06. The summed E-state index contributed by atoms with van der Waals surface area (Å²) in [6.07, 6.45) is 3.69. The van der Waals surface area contributed by atoms with Crippen molar-refractivity contribution in [3.8, 4) is 11.1 Å². The smallest absolute Gasteiger partial charge is 0.153 e. The van der Waals surface area contributed by atoms with Gasteiger partial charge in [-0.2, -0.15) is 5.10 Å². The van der Waals surface area contributed by atoms with Crippen molar-refractivity contribution in [2.45, 2.75) is 0 Å². The fourth-order valence-corrected chi connectivity index (χ4v) is 2.58. The summed E-state index contributed by atoms with van der Waals surface area (Å²) in [7, 11) is 0. The number of H-pyrrole nitrogens is 1. The SMILES string of the molecule is Nc1n[nH]c2ccc(-c3cccc4cnccc34)cc12. The van der Waals surface area contributed by atoms with Crippen molar-refractivity contribution in [1.29, 1.82) is 0 Å². The van der Waals surface area contributed by atoms with Crippen LogP contribution in [0.5, 0.6) is 0 Å². The van der Waals surface area contributed by atoms with Gasteiger partial charge >= 0.3 is 0 Å². The van der Waals surface area contributed by atoms with Gasteiger partial charge in [-0.15, -0.1) is 0 Å². The van der Waals surface area contributed by atoms with Gasteiger partial charge in [-0.1, -0.05) is 24.3 Å². The van der Waals surface area contributed by atoms with Gasteiger partial charge < -0.3 is 5.73 Å². The van der Waals surface area contributed by atoms with Gasteiger partial charge in [0.15, 0.2) is 5.82 Å². The van der Waals surface area contributed by atoms with Gasteiger partial charge in [0.25, 0.3) is 0 Å². The summed E-state index contributed by atoms with van der Waals surface area (Å²) in [4.78, 5) is 4.17. The van der Waals surface area contributed by atoms with E-state index < -0.39 is 0 Å². The monoisotopic (exact) mass is 260 g/mol. The molecule has 0 saturated carbocycles. The van der Waals surface area contributed by atoms with E-state index >= 15 is 0 Å². The number of anilines is 1. The normalized spacial score (nSPS) is 11.2. The number of aromatic amines is 1. The molecule has 0 bridgehead atoms. The highest BCUT2D eigenvalue weighted by Gasteiger charge is 2.07. The summed E-state index contributed by atoms with van der Waals surface area (Å²) in [5, 5.41) is 10.2. The summed E-state index contributed by atoms with van der Waals surface area (Å²) in [6, 6.07) is 14.4. The molecule has 4 heteroatoms. The molecule has 0 amide bonds. The minimum atomic E-state index is 0.531. The second kappa shape index (κ2) is 4.06. The fraction of sp³-hybridized carbons (Fsp3) is 0. The lowest BCUT2D eigenvalue weighted by molar-refractivity contribution is 1.13. The number of pyridine rings is 1. The Morgan fingerprint density at radius 3 is 2.90 bits per heavy atom. The first-order valence-corrected chi connectivity index (χ1v) is 6.40. The molecule has 0 spiro atoms. The van der Waals surface area contributed by atoms with Crippen LogP contribution in [0.3, 0.4) is 0 Å². The molecule has 2 aromatic carbocycles. The van der Waals surface area contributed by atoms with Crippen LogP contribution in [-0.4, -0.2) is 15.2 Å². The summed E-state index contributed by atoms with van der Waals surface area (Å²) < 4.78 is 0. The first-order valence-electron chi connectivity index (χ1n) is 6.40. The first-order chi connectivity index (χ1) is 9.83. The lowest BCUT2D eigenvalue weighted by atomic mass is 9.98. The van der Waals surface area contributed by atoms with E-state index in [0.29, 0.717) is 5.82 Å². The highest BCUT2D eigenvalue weighted by Crippen LogP contribution is 2.31. The molecule has 2 aromatic heterocycles. The molecule has 0 radical (unpaired) electrons. The van der Waals surface area contributed by atoms with Crippen molar-refractivity contribution in [3.05, 3.63) is 54.9 Å². The van der Waals surface area contributed by atoms with Crippen LogP contribution in [0.4, 0.5) is 5.82 Å². The number of rotatable bonds is 1. The molecule has 0 unspecified atom stereocenters. The quantitative estimate of drug-likeness (QED) is 0.551. The van der Waals surface area contributed by atoms with Crippen LogP contribution in [0.2, 0.25) is 0 Å². The second-order valence-corrected chi connectivity index (χ2v) is 4.77. The number of nitrogens with two attached hydrogens (primary N) is 1. The standard InChI is InChI=1S/C16H12N4/c17-16-14-8-10(4-5-15(14)19-20-16)12-3-1-2-11-9-18-7-6-13(11)12/h1-9H,(H3,17,19,20). The molecular weight excluding hydrogens is 248 g/mol. The van der Waals surface area contributed by atoms with Crippen LogP contribution in [0.15, 0.2) is 54.9 Å². The van der Waals surface area contributed by atoms with Crippen molar-refractivity contribution in [2.75, 3.05) is 5.73 Å². The molecule has 96 valence electrons. The second-order valence-electron chi connectivity index (χ2n) is 4.77. The fourth-order valence-electron chi connectivity index (χ4n) is 2.58. The van der Waals surface area contributed by atoms with Crippen molar-refractivity contribution < 1.29 is 0 Å². The Bertz CT molecular complexity index is 919. The first kappa shape index (κ1) is 11.0. The minimum Gasteiger partial charge on any atom is -0.382 e. The molecule has 0 atom stereocenters. The summed E-state index contributed by atoms with van der Waals surface area (Å²) in [5.41, 5.74) is 9.14. The number of hydrogen-bond acceptors (Lipinski definition) is 3. The number of hydrogen-bond donors (Lipinski definition) is 2. The zero-order valence-corrected chi connectivity index (χ0v) is 10.7. The minimum absolute atomic E-state index is 0.531. The number of nitrogen functional groups attached to an aromatic ring is 1. The van der Waals surface area contributed by atoms with E-state index in [1.165, 1.54) is 10.9 Å². The van der Waals surface area contributed by atoms with E-state index in [1.54, 1.807) is 0 Å².